The first-order valence-corrected chi connectivity index (χ1v) is 9.31. The van der Waals surface area contributed by atoms with E-state index in [0.717, 1.165) is 37.0 Å². The standard InChI is InChI=1S/C20H29NO4/c1-3-17-13-16(22)14-20(25-17)8-10-21(11-9-20)19(23)12-15-6-4-5-7-18(15)24-2/h4-7,16-17,22H,3,8-14H2,1-2H3/t16-,17+/m1/s1. The predicted molar refractivity (Wildman–Crippen MR) is 95.6 cm³/mol. The number of methoxy groups -OCH3 is 1. The van der Waals surface area contributed by atoms with Crippen LogP contribution in [0, 0.1) is 0 Å². The van der Waals surface area contributed by atoms with Crippen LogP contribution >= 0.6 is 0 Å². The van der Waals surface area contributed by atoms with E-state index >= 15 is 0 Å². The number of amides is 1. The van der Waals surface area contributed by atoms with Crippen molar-refractivity contribution in [1.82, 2.24) is 4.90 Å². The van der Waals surface area contributed by atoms with E-state index in [-0.39, 0.29) is 23.7 Å². The van der Waals surface area contributed by atoms with Crippen molar-refractivity contribution in [3.8, 4) is 5.75 Å². The predicted octanol–water partition coefficient (Wildman–Crippen LogP) is 2.55. The summed E-state index contributed by atoms with van der Waals surface area (Å²) >= 11 is 0. The zero-order chi connectivity index (χ0) is 17.9. The third kappa shape index (κ3) is 4.15. The lowest BCUT2D eigenvalue weighted by Gasteiger charge is -2.48. The fraction of sp³-hybridized carbons (Fsp3) is 0.650. The molecule has 5 heteroatoms. The van der Waals surface area contributed by atoms with Crippen molar-refractivity contribution in [2.75, 3.05) is 20.2 Å². The van der Waals surface area contributed by atoms with Gasteiger partial charge in [-0.05, 0) is 31.7 Å². The molecule has 0 aliphatic carbocycles. The summed E-state index contributed by atoms with van der Waals surface area (Å²) < 4.78 is 11.6. The molecule has 1 amide bonds. The van der Waals surface area contributed by atoms with Gasteiger partial charge in [-0.1, -0.05) is 25.1 Å². The van der Waals surface area contributed by atoms with Gasteiger partial charge in [0.1, 0.15) is 5.75 Å². The number of aliphatic hydroxyl groups is 1. The van der Waals surface area contributed by atoms with Gasteiger partial charge in [0.25, 0.3) is 0 Å². The highest BCUT2D eigenvalue weighted by Gasteiger charge is 2.43. The van der Waals surface area contributed by atoms with E-state index < -0.39 is 0 Å². The second kappa shape index (κ2) is 7.75. The van der Waals surface area contributed by atoms with Gasteiger partial charge in [-0.2, -0.15) is 0 Å². The highest BCUT2D eigenvalue weighted by atomic mass is 16.5. The molecular weight excluding hydrogens is 318 g/mol. The summed E-state index contributed by atoms with van der Waals surface area (Å²) in [5, 5.41) is 10.2. The molecular formula is C20H29NO4. The van der Waals surface area contributed by atoms with E-state index in [1.54, 1.807) is 7.11 Å². The van der Waals surface area contributed by atoms with Gasteiger partial charge < -0.3 is 19.5 Å². The van der Waals surface area contributed by atoms with Crippen LogP contribution in [0.25, 0.3) is 0 Å². The number of hydrogen-bond acceptors (Lipinski definition) is 4. The van der Waals surface area contributed by atoms with E-state index in [1.807, 2.05) is 29.2 Å². The van der Waals surface area contributed by atoms with Crippen LogP contribution in [0.5, 0.6) is 5.75 Å². The zero-order valence-corrected chi connectivity index (χ0v) is 15.2. The van der Waals surface area contributed by atoms with Crippen LogP contribution in [0.3, 0.4) is 0 Å². The van der Waals surface area contributed by atoms with Crippen molar-refractivity contribution < 1.29 is 19.4 Å². The number of hydrogen-bond donors (Lipinski definition) is 1. The van der Waals surface area contributed by atoms with Crippen molar-refractivity contribution in [2.45, 2.75) is 63.3 Å². The van der Waals surface area contributed by atoms with Crippen LogP contribution in [0.4, 0.5) is 0 Å². The number of carbonyl (C=O) groups is 1. The number of nitrogens with zero attached hydrogens (tertiary/aromatic N) is 1. The van der Waals surface area contributed by atoms with Gasteiger partial charge in [-0.25, -0.2) is 0 Å². The van der Waals surface area contributed by atoms with Gasteiger partial charge in [0.05, 0.1) is 31.3 Å². The minimum absolute atomic E-state index is 0.128. The fourth-order valence-corrected chi connectivity index (χ4v) is 4.13. The van der Waals surface area contributed by atoms with Gasteiger partial charge >= 0.3 is 0 Å². The Morgan fingerprint density at radius 1 is 1.36 bits per heavy atom. The minimum Gasteiger partial charge on any atom is -0.496 e. The Kier molecular flexibility index (Phi) is 5.64. The van der Waals surface area contributed by atoms with E-state index in [1.165, 1.54) is 0 Å². The maximum absolute atomic E-state index is 12.7. The Labute approximate surface area is 149 Å². The average molecular weight is 347 g/mol. The number of piperidine rings is 1. The molecule has 1 aromatic carbocycles. The van der Waals surface area contributed by atoms with E-state index in [4.69, 9.17) is 9.47 Å². The van der Waals surface area contributed by atoms with Gasteiger partial charge in [-0.15, -0.1) is 0 Å². The van der Waals surface area contributed by atoms with Gasteiger partial charge in [0.2, 0.25) is 5.91 Å². The second-order valence-electron chi connectivity index (χ2n) is 7.29. The molecule has 1 aromatic rings. The van der Waals surface area contributed by atoms with Gasteiger partial charge in [0, 0.05) is 25.1 Å². The molecule has 2 fully saturated rings. The Balaban J connectivity index is 1.59. The maximum Gasteiger partial charge on any atom is 0.227 e. The molecule has 5 nitrogen and oxygen atoms in total. The van der Waals surface area contributed by atoms with Gasteiger partial charge in [0.15, 0.2) is 0 Å². The average Bonchev–Trinajstić information content (AvgIpc) is 2.62. The number of rotatable bonds is 4. The minimum atomic E-state index is -0.283. The molecule has 0 saturated carbocycles. The first-order chi connectivity index (χ1) is 12.0. The molecule has 25 heavy (non-hydrogen) atoms. The molecule has 0 bridgehead atoms. The summed E-state index contributed by atoms with van der Waals surface area (Å²) in [7, 11) is 1.63. The smallest absolute Gasteiger partial charge is 0.227 e. The quantitative estimate of drug-likeness (QED) is 0.909. The Morgan fingerprint density at radius 3 is 2.76 bits per heavy atom. The molecule has 0 aromatic heterocycles. The van der Waals surface area contributed by atoms with Gasteiger partial charge in [-0.3, -0.25) is 4.79 Å². The summed E-state index contributed by atoms with van der Waals surface area (Å²) in [6.45, 7) is 3.48. The molecule has 2 atom stereocenters. The number of para-hydroxylation sites is 1. The monoisotopic (exact) mass is 347 g/mol. The maximum atomic E-state index is 12.7. The van der Waals surface area contributed by atoms with E-state index in [2.05, 4.69) is 6.92 Å². The van der Waals surface area contributed by atoms with Crippen LogP contribution in [-0.4, -0.2) is 53.9 Å². The van der Waals surface area contributed by atoms with Crippen molar-refractivity contribution in [2.24, 2.45) is 0 Å². The van der Waals surface area contributed by atoms with E-state index in [0.29, 0.717) is 25.9 Å². The zero-order valence-electron chi connectivity index (χ0n) is 15.2. The first-order valence-electron chi connectivity index (χ1n) is 9.31. The summed E-state index contributed by atoms with van der Waals surface area (Å²) in [5.74, 6) is 0.886. The molecule has 2 saturated heterocycles. The van der Waals surface area contributed by atoms with Crippen LogP contribution in [0.1, 0.15) is 44.6 Å². The highest BCUT2D eigenvalue weighted by Crippen LogP contribution is 2.38. The first kappa shape index (κ1) is 18.2. The van der Waals surface area contributed by atoms with Crippen LogP contribution in [0.15, 0.2) is 24.3 Å². The summed E-state index contributed by atoms with van der Waals surface area (Å²) in [4.78, 5) is 14.6. The Hall–Kier alpha value is -1.59. The number of benzene rings is 1. The number of aliphatic hydroxyl groups excluding tert-OH is 1. The van der Waals surface area contributed by atoms with Crippen LogP contribution in [0.2, 0.25) is 0 Å². The third-order valence-corrected chi connectivity index (χ3v) is 5.58. The lowest BCUT2D eigenvalue weighted by molar-refractivity contribution is -0.183. The van der Waals surface area contributed by atoms with Crippen molar-refractivity contribution >= 4 is 5.91 Å². The molecule has 138 valence electrons. The van der Waals surface area contributed by atoms with Crippen molar-refractivity contribution in [1.29, 1.82) is 0 Å². The fourth-order valence-electron chi connectivity index (χ4n) is 4.13. The summed E-state index contributed by atoms with van der Waals surface area (Å²) in [6, 6.07) is 7.66. The van der Waals surface area contributed by atoms with Crippen LogP contribution < -0.4 is 4.74 Å². The molecule has 0 radical (unpaired) electrons. The molecule has 2 heterocycles. The Bertz CT molecular complexity index is 595. The topological polar surface area (TPSA) is 59.0 Å². The second-order valence-corrected chi connectivity index (χ2v) is 7.29. The lowest BCUT2D eigenvalue weighted by Crippen LogP contribution is -2.53. The summed E-state index contributed by atoms with van der Waals surface area (Å²) in [5.41, 5.74) is 0.671. The molecule has 3 rings (SSSR count). The lowest BCUT2D eigenvalue weighted by atomic mass is 9.81. The molecule has 2 aliphatic rings. The molecule has 0 unspecified atom stereocenters. The highest BCUT2D eigenvalue weighted by molar-refractivity contribution is 5.79. The normalized spacial score (nSPS) is 25.8. The SMILES string of the molecule is CC[C@H]1C[C@@H](O)CC2(CCN(C(=O)Cc3ccccc3OC)CC2)O1. The Morgan fingerprint density at radius 2 is 2.08 bits per heavy atom. The van der Waals surface area contributed by atoms with Crippen molar-refractivity contribution in [3.05, 3.63) is 29.8 Å². The number of likely N-dealkylation sites (tertiary alicyclic amines) is 1. The molecule has 1 spiro atoms. The number of carbonyl (C=O) groups excluding carboxylic acids is 1. The largest absolute Gasteiger partial charge is 0.496 e. The van der Waals surface area contributed by atoms with Crippen molar-refractivity contribution in [3.63, 3.8) is 0 Å². The summed E-state index contributed by atoms with van der Waals surface area (Å²) in [6.07, 6.45) is 4.17. The molecule has 2 aliphatic heterocycles. The van der Waals surface area contributed by atoms with Crippen LogP contribution in [-0.2, 0) is 16.0 Å². The molecule has 1 N–H and O–H groups in total. The van der Waals surface area contributed by atoms with E-state index in [9.17, 15) is 9.90 Å². The third-order valence-electron chi connectivity index (χ3n) is 5.58. The number of ether oxygens (including phenoxy) is 2.